The molecule has 0 spiro atoms. The molecule has 128 valence electrons. The van der Waals surface area contributed by atoms with Crippen molar-refractivity contribution in [3.8, 4) is 11.4 Å². The summed E-state index contributed by atoms with van der Waals surface area (Å²) in [6.45, 7) is 1.74. The topological polar surface area (TPSA) is 94.3 Å². The number of hydrogen-bond donors (Lipinski definition) is 1. The number of aromatic nitrogens is 2. The van der Waals surface area contributed by atoms with Crippen LogP contribution in [-0.4, -0.2) is 35.2 Å². The molecule has 2 rings (SSSR count). The number of carbonyl (C=O) groups excluding carboxylic acids is 2. The number of hydrogen-bond acceptors (Lipinski definition) is 6. The lowest BCUT2D eigenvalue weighted by Gasteiger charge is -2.11. The first-order valence-corrected chi connectivity index (χ1v) is 7.80. The molecule has 0 radical (unpaired) electrons. The lowest BCUT2D eigenvalue weighted by atomic mass is 10.2. The number of ether oxygens (including phenoxy) is 1. The second-order valence-corrected chi connectivity index (χ2v) is 5.70. The molecule has 1 atom stereocenters. The van der Waals surface area contributed by atoms with E-state index >= 15 is 0 Å². The lowest BCUT2D eigenvalue weighted by Crippen LogP contribution is -2.34. The standard InChI is InChI=1S/C16H18ClN3O4/c1-10(9-15(22)23-2)18-13(21)7-8-14-19-16(20-24-14)11-3-5-12(17)6-4-11/h3-6,10H,7-9H2,1-2H3,(H,18,21). The third-order valence-electron chi connectivity index (χ3n) is 3.24. The molecule has 1 unspecified atom stereocenters. The first-order valence-electron chi connectivity index (χ1n) is 7.42. The van der Waals surface area contributed by atoms with Crippen LogP contribution in [0.1, 0.15) is 25.7 Å². The molecule has 8 heteroatoms. The van der Waals surface area contributed by atoms with Crippen molar-refractivity contribution in [3.05, 3.63) is 35.2 Å². The molecule has 1 aromatic carbocycles. The number of rotatable bonds is 7. The van der Waals surface area contributed by atoms with Gasteiger partial charge in [-0.2, -0.15) is 4.98 Å². The highest BCUT2D eigenvalue weighted by Crippen LogP contribution is 2.18. The van der Waals surface area contributed by atoms with Crippen LogP contribution >= 0.6 is 11.6 Å². The summed E-state index contributed by atoms with van der Waals surface area (Å²) in [5.74, 6) is 0.252. The molecule has 1 aromatic heterocycles. The highest BCUT2D eigenvalue weighted by molar-refractivity contribution is 6.30. The molecule has 1 heterocycles. The van der Waals surface area contributed by atoms with E-state index in [0.717, 1.165) is 5.56 Å². The highest BCUT2D eigenvalue weighted by Gasteiger charge is 2.14. The largest absolute Gasteiger partial charge is 0.469 e. The van der Waals surface area contributed by atoms with E-state index in [1.165, 1.54) is 7.11 Å². The molecule has 0 aliphatic heterocycles. The van der Waals surface area contributed by atoms with Crippen LogP contribution in [0.5, 0.6) is 0 Å². The Bertz CT molecular complexity index is 700. The van der Waals surface area contributed by atoms with Crippen LogP contribution in [0.2, 0.25) is 5.02 Å². The van der Waals surface area contributed by atoms with Gasteiger partial charge in [-0.25, -0.2) is 0 Å². The van der Waals surface area contributed by atoms with Gasteiger partial charge in [-0.3, -0.25) is 9.59 Å². The van der Waals surface area contributed by atoms with Gasteiger partial charge in [-0.1, -0.05) is 16.8 Å². The van der Waals surface area contributed by atoms with Gasteiger partial charge in [0.15, 0.2) is 0 Å². The maximum Gasteiger partial charge on any atom is 0.307 e. The molecule has 1 amide bonds. The van der Waals surface area contributed by atoms with Crippen LogP contribution in [-0.2, 0) is 20.7 Å². The Morgan fingerprint density at radius 3 is 2.71 bits per heavy atom. The van der Waals surface area contributed by atoms with Crippen LogP contribution in [0, 0.1) is 0 Å². The maximum atomic E-state index is 11.8. The fourth-order valence-corrected chi connectivity index (χ4v) is 2.15. The summed E-state index contributed by atoms with van der Waals surface area (Å²) in [5, 5.41) is 7.22. The SMILES string of the molecule is COC(=O)CC(C)NC(=O)CCc1nc(-c2ccc(Cl)cc2)no1. The molecule has 0 fully saturated rings. The van der Waals surface area contributed by atoms with Gasteiger partial charge in [0, 0.05) is 29.5 Å². The molecule has 1 N–H and O–H groups in total. The van der Waals surface area contributed by atoms with Gasteiger partial charge in [0.1, 0.15) is 0 Å². The number of nitrogens with one attached hydrogen (secondary N) is 1. The molecule has 0 aliphatic carbocycles. The van der Waals surface area contributed by atoms with Gasteiger partial charge in [0.2, 0.25) is 17.6 Å². The highest BCUT2D eigenvalue weighted by atomic mass is 35.5. The van der Waals surface area contributed by atoms with Crippen molar-refractivity contribution in [1.82, 2.24) is 15.5 Å². The van der Waals surface area contributed by atoms with Gasteiger partial charge in [0.25, 0.3) is 0 Å². The number of aryl methyl sites for hydroxylation is 1. The van der Waals surface area contributed by atoms with Crippen LogP contribution in [0.15, 0.2) is 28.8 Å². The summed E-state index contributed by atoms with van der Waals surface area (Å²) in [5.41, 5.74) is 0.783. The number of carbonyl (C=O) groups is 2. The monoisotopic (exact) mass is 351 g/mol. The predicted molar refractivity (Wildman–Crippen MR) is 87.3 cm³/mol. The number of amides is 1. The van der Waals surface area contributed by atoms with Crippen LogP contribution in [0.3, 0.4) is 0 Å². The van der Waals surface area contributed by atoms with Crippen LogP contribution in [0.25, 0.3) is 11.4 Å². The second kappa shape index (κ2) is 8.44. The first-order chi connectivity index (χ1) is 11.5. The fraction of sp³-hybridized carbons (Fsp3) is 0.375. The summed E-state index contributed by atoms with van der Waals surface area (Å²) in [6.07, 6.45) is 0.634. The number of nitrogens with zero attached hydrogens (tertiary/aromatic N) is 2. The number of esters is 1. The van der Waals surface area contributed by atoms with E-state index in [1.807, 2.05) is 0 Å². The number of halogens is 1. The number of methoxy groups -OCH3 is 1. The van der Waals surface area contributed by atoms with Crippen molar-refractivity contribution in [2.24, 2.45) is 0 Å². The Morgan fingerprint density at radius 2 is 2.04 bits per heavy atom. The van der Waals surface area contributed by atoms with E-state index in [9.17, 15) is 9.59 Å². The summed E-state index contributed by atoms with van der Waals surface area (Å²) >= 11 is 5.83. The zero-order chi connectivity index (χ0) is 17.5. The van der Waals surface area contributed by atoms with Crippen molar-refractivity contribution in [2.75, 3.05) is 7.11 Å². The first kappa shape index (κ1) is 17.9. The smallest absolute Gasteiger partial charge is 0.307 e. The van der Waals surface area contributed by atoms with E-state index in [0.29, 0.717) is 23.2 Å². The van der Waals surface area contributed by atoms with Gasteiger partial charge in [-0.05, 0) is 31.2 Å². The average Bonchev–Trinajstić information content (AvgIpc) is 3.02. The molecule has 7 nitrogen and oxygen atoms in total. The fourth-order valence-electron chi connectivity index (χ4n) is 2.02. The van der Waals surface area contributed by atoms with Crippen LogP contribution < -0.4 is 5.32 Å². The molecule has 24 heavy (non-hydrogen) atoms. The molecule has 0 saturated carbocycles. The van der Waals surface area contributed by atoms with Crippen molar-refractivity contribution < 1.29 is 18.8 Å². The third kappa shape index (κ3) is 5.34. The van der Waals surface area contributed by atoms with Crippen LogP contribution in [0.4, 0.5) is 0 Å². The Hall–Kier alpha value is -2.41. The van der Waals surface area contributed by atoms with E-state index in [2.05, 4.69) is 20.2 Å². The van der Waals surface area contributed by atoms with Gasteiger partial charge in [0.05, 0.1) is 13.5 Å². The van der Waals surface area contributed by atoms with Crippen molar-refractivity contribution in [2.45, 2.75) is 32.2 Å². The normalized spacial score (nSPS) is 11.8. The Morgan fingerprint density at radius 1 is 1.33 bits per heavy atom. The zero-order valence-corrected chi connectivity index (χ0v) is 14.2. The molecular formula is C16H18ClN3O4. The third-order valence-corrected chi connectivity index (χ3v) is 3.50. The Balaban J connectivity index is 1.83. The lowest BCUT2D eigenvalue weighted by molar-refractivity contribution is -0.141. The molecule has 0 saturated heterocycles. The van der Waals surface area contributed by atoms with E-state index < -0.39 is 0 Å². The maximum absolute atomic E-state index is 11.8. The molecular weight excluding hydrogens is 334 g/mol. The van der Waals surface area contributed by atoms with E-state index in [1.54, 1.807) is 31.2 Å². The summed E-state index contributed by atoms with van der Waals surface area (Å²) in [6, 6.07) is 6.76. The minimum absolute atomic E-state index is 0.128. The van der Waals surface area contributed by atoms with Gasteiger partial charge >= 0.3 is 5.97 Å². The van der Waals surface area contributed by atoms with E-state index in [-0.39, 0.29) is 30.8 Å². The summed E-state index contributed by atoms with van der Waals surface area (Å²) in [4.78, 5) is 27.2. The van der Waals surface area contributed by atoms with Crippen molar-refractivity contribution in [1.29, 1.82) is 0 Å². The summed E-state index contributed by atoms with van der Waals surface area (Å²) in [7, 11) is 1.31. The zero-order valence-electron chi connectivity index (χ0n) is 13.4. The van der Waals surface area contributed by atoms with E-state index in [4.69, 9.17) is 16.1 Å². The Kier molecular flexibility index (Phi) is 6.31. The quantitative estimate of drug-likeness (QED) is 0.770. The molecule has 0 bridgehead atoms. The van der Waals surface area contributed by atoms with Crippen molar-refractivity contribution >= 4 is 23.5 Å². The Labute approximate surface area is 144 Å². The predicted octanol–water partition coefficient (Wildman–Crippen LogP) is 2.39. The number of benzene rings is 1. The second-order valence-electron chi connectivity index (χ2n) is 5.27. The minimum atomic E-state index is -0.368. The minimum Gasteiger partial charge on any atom is -0.469 e. The van der Waals surface area contributed by atoms with Gasteiger partial charge < -0.3 is 14.6 Å². The molecule has 2 aromatic rings. The molecule has 0 aliphatic rings. The summed E-state index contributed by atoms with van der Waals surface area (Å²) < 4.78 is 9.69. The van der Waals surface area contributed by atoms with Crippen molar-refractivity contribution in [3.63, 3.8) is 0 Å². The average molecular weight is 352 g/mol. The van der Waals surface area contributed by atoms with Gasteiger partial charge in [-0.15, -0.1) is 0 Å².